The summed E-state index contributed by atoms with van der Waals surface area (Å²) in [5.41, 5.74) is 2.78. The number of nitrogens with zero attached hydrogens (tertiary/aromatic N) is 2. The third-order valence-corrected chi connectivity index (χ3v) is 7.65. The average Bonchev–Trinajstić information content (AvgIpc) is 3.11. The Morgan fingerprint density at radius 3 is 2.64 bits per heavy atom. The molecular weight excluding hydrogens is 416 g/mol. The van der Waals surface area contributed by atoms with Crippen molar-refractivity contribution >= 4 is 27.6 Å². The van der Waals surface area contributed by atoms with Crippen molar-refractivity contribution in [3.05, 3.63) is 70.3 Å². The molecule has 0 saturated heterocycles. The second-order valence-corrected chi connectivity index (χ2v) is 9.68. The average molecular weight is 443 g/mol. The van der Waals surface area contributed by atoms with Gasteiger partial charge in [-0.1, -0.05) is 18.2 Å². The smallest absolute Gasteiger partial charge is 0.272 e. The van der Waals surface area contributed by atoms with Crippen molar-refractivity contribution in [3.8, 4) is 5.75 Å². The molecule has 0 atom stereocenters. The zero-order valence-electron chi connectivity index (χ0n) is 18.7. The van der Waals surface area contributed by atoms with E-state index < -0.39 is 0 Å². The molecule has 1 spiro atoms. The molecule has 2 aliphatic carbocycles. The second kappa shape index (κ2) is 7.20. The number of carbonyl (C=O) groups is 1. The van der Waals surface area contributed by atoms with Gasteiger partial charge >= 0.3 is 0 Å². The number of amides is 1. The Morgan fingerprint density at radius 2 is 1.88 bits per heavy atom. The van der Waals surface area contributed by atoms with Crippen LogP contribution in [0.15, 0.2) is 53.3 Å². The van der Waals surface area contributed by atoms with Crippen LogP contribution in [0.4, 0.5) is 0 Å². The highest BCUT2D eigenvalue weighted by molar-refractivity contribution is 5.99. The third kappa shape index (κ3) is 3.14. The van der Waals surface area contributed by atoms with Gasteiger partial charge in [-0.3, -0.25) is 9.59 Å². The number of hydrogen-bond donors (Lipinski definition) is 2. The van der Waals surface area contributed by atoms with Crippen LogP contribution in [0.3, 0.4) is 0 Å². The maximum Gasteiger partial charge on any atom is 0.272 e. The first-order valence-corrected chi connectivity index (χ1v) is 11.4. The minimum atomic E-state index is -0.137. The van der Waals surface area contributed by atoms with Crippen LogP contribution < -0.4 is 15.6 Å². The molecule has 0 unspecified atom stereocenters. The molecule has 0 aliphatic heterocycles. The van der Waals surface area contributed by atoms with Gasteiger partial charge in [-0.15, -0.1) is 0 Å². The van der Waals surface area contributed by atoms with Crippen LogP contribution >= 0.6 is 0 Å². The molecule has 168 valence electrons. The van der Waals surface area contributed by atoms with E-state index in [2.05, 4.69) is 15.5 Å². The highest BCUT2D eigenvalue weighted by atomic mass is 16.5. The molecule has 0 bridgehead atoms. The number of benzene rings is 2. The maximum atomic E-state index is 13.0. The van der Waals surface area contributed by atoms with Gasteiger partial charge in [0.05, 0.1) is 23.7 Å². The van der Waals surface area contributed by atoms with E-state index in [9.17, 15) is 9.59 Å². The van der Waals surface area contributed by atoms with Crippen LogP contribution in [0.25, 0.3) is 21.7 Å². The lowest BCUT2D eigenvalue weighted by Gasteiger charge is -2.57. The Morgan fingerprint density at radius 1 is 1.12 bits per heavy atom. The van der Waals surface area contributed by atoms with Crippen LogP contribution in [0, 0.1) is 5.41 Å². The SMILES string of the molecule is COc1ccc2cc(C(=O)N[C@H]3CC4(C3)C[C@H](c3n[nH]c(=O)c5ccccc53)C4)n(C)c2c1. The number of aromatic amines is 1. The maximum absolute atomic E-state index is 13.0. The van der Waals surface area contributed by atoms with E-state index in [0.717, 1.165) is 53.4 Å². The van der Waals surface area contributed by atoms with Gasteiger partial charge in [-0.25, -0.2) is 5.10 Å². The molecule has 2 aliphatic rings. The number of aromatic nitrogens is 3. The van der Waals surface area contributed by atoms with Crippen LogP contribution in [0.5, 0.6) is 5.75 Å². The Bertz CT molecular complexity index is 1450. The summed E-state index contributed by atoms with van der Waals surface area (Å²) in [5, 5.41) is 13.0. The summed E-state index contributed by atoms with van der Waals surface area (Å²) in [5.74, 6) is 1.11. The molecular formula is C26H26N4O3. The van der Waals surface area contributed by atoms with Crippen molar-refractivity contribution in [2.45, 2.75) is 37.6 Å². The van der Waals surface area contributed by atoms with Gasteiger partial charge in [0, 0.05) is 35.8 Å². The minimum Gasteiger partial charge on any atom is -0.497 e. The first-order chi connectivity index (χ1) is 16.0. The number of methoxy groups -OCH3 is 1. The van der Waals surface area contributed by atoms with Crippen molar-refractivity contribution in [1.29, 1.82) is 0 Å². The number of hydrogen-bond acceptors (Lipinski definition) is 4. The highest BCUT2D eigenvalue weighted by Crippen LogP contribution is 2.62. The molecule has 4 aromatic rings. The topological polar surface area (TPSA) is 89.0 Å². The van der Waals surface area contributed by atoms with E-state index in [1.807, 2.05) is 60.1 Å². The summed E-state index contributed by atoms with van der Waals surface area (Å²) >= 11 is 0. The number of nitrogens with one attached hydrogen (secondary N) is 2. The number of carbonyl (C=O) groups excluding carboxylic acids is 1. The fraction of sp³-hybridized carbons (Fsp3) is 0.346. The van der Waals surface area contributed by atoms with Crippen LogP contribution in [0.2, 0.25) is 0 Å². The number of ether oxygens (including phenoxy) is 1. The van der Waals surface area contributed by atoms with Gasteiger partial charge < -0.3 is 14.6 Å². The zero-order chi connectivity index (χ0) is 22.7. The highest BCUT2D eigenvalue weighted by Gasteiger charge is 2.54. The Hall–Kier alpha value is -3.61. The van der Waals surface area contributed by atoms with Crippen LogP contribution in [-0.4, -0.2) is 33.8 Å². The van der Waals surface area contributed by atoms with Gasteiger partial charge in [0.2, 0.25) is 0 Å². The van der Waals surface area contributed by atoms with Crippen LogP contribution in [-0.2, 0) is 7.05 Å². The molecule has 2 heterocycles. The van der Waals surface area contributed by atoms with Crippen molar-refractivity contribution in [3.63, 3.8) is 0 Å². The van der Waals surface area contributed by atoms with E-state index in [1.165, 1.54) is 0 Å². The molecule has 2 aromatic heterocycles. The Labute approximate surface area is 190 Å². The van der Waals surface area contributed by atoms with E-state index in [0.29, 0.717) is 17.0 Å². The fourth-order valence-electron chi connectivity index (χ4n) is 5.96. The quantitative estimate of drug-likeness (QED) is 0.502. The number of aryl methyl sites for hydroxylation is 1. The first-order valence-electron chi connectivity index (χ1n) is 11.4. The number of rotatable bonds is 4. The second-order valence-electron chi connectivity index (χ2n) is 9.68. The molecule has 7 heteroatoms. The molecule has 6 rings (SSSR count). The zero-order valence-corrected chi connectivity index (χ0v) is 18.7. The number of fused-ring (bicyclic) bond motifs is 2. The first kappa shape index (κ1) is 20.0. The lowest BCUT2D eigenvalue weighted by Crippen LogP contribution is -2.55. The van der Waals surface area contributed by atoms with Gasteiger partial charge in [-0.05, 0) is 55.4 Å². The molecule has 2 aromatic carbocycles. The molecule has 33 heavy (non-hydrogen) atoms. The molecule has 2 fully saturated rings. The van der Waals surface area contributed by atoms with Crippen molar-refractivity contribution in [2.24, 2.45) is 12.5 Å². The normalized spacial score (nSPS) is 23.9. The number of H-pyrrole nitrogens is 1. The fourth-order valence-corrected chi connectivity index (χ4v) is 5.96. The van der Waals surface area contributed by atoms with E-state index >= 15 is 0 Å². The predicted octanol–water partition coefficient (Wildman–Crippen LogP) is 3.88. The molecule has 7 nitrogen and oxygen atoms in total. The van der Waals surface area contributed by atoms with Crippen molar-refractivity contribution < 1.29 is 9.53 Å². The molecule has 2 N–H and O–H groups in total. The summed E-state index contributed by atoms with van der Waals surface area (Å²) in [4.78, 5) is 25.0. The van der Waals surface area contributed by atoms with Gasteiger partial charge in [0.1, 0.15) is 11.4 Å². The monoisotopic (exact) mass is 442 g/mol. The van der Waals surface area contributed by atoms with Gasteiger partial charge in [-0.2, -0.15) is 5.10 Å². The predicted molar refractivity (Wildman–Crippen MR) is 127 cm³/mol. The molecule has 0 radical (unpaired) electrons. The summed E-state index contributed by atoms with van der Waals surface area (Å²) in [6, 6.07) is 15.7. The Balaban J connectivity index is 1.12. The third-order valence-electron chi connectivity index (χ3n) is 7.65. The van der Waals surface area contributed by atoms with Crippen molar-refractivity contribution in [2.75, 3.05) is 7.11 Å². The van der Waals surface area contributed by atoms with Gasteiger partial charge in [0.25, 0.3) is 11.5 Å². The summed E-state index contributed by atoms with van der Waals surface area (Å²) in [6.07, 6.45) is 4.09. The lowest BCUT2D eigenvalue weighted by atomic mass is 9.49. The minimum absolute atomic E-state index is 0.0308. The van der Waals surface area contributed by atoms with E-state index in [4.69, 9.17) is 4.74 Å². The molecule has 2 saturated carbocycles. The summed E-state index contributed by atoms with van der Waals surface area (Å²) < 4.78 is 7.24. The summed E-state index contributed by atoms with van der Waals surface area (Å²) in [7, 11) is 3.56. The lowest BCUT2D eigenvalue weighted by molar-refractivity contribution is -0.0197. The van der Waals surface area contributed by atoms with E-state index in [1.54, 1.807) is 7.11 Å². The standard InChI is InChI=1S/C26H26N4O3/c1-30-21-10-18(33-2)8-7-15(21)9-22(30)25(32)27-17-13-26(14-17)11-16(12-26)23-19-5-3-4-6-20(19)24(31)29-28-23/h3-10,16-17H,11-14H2,1-2H3,(H,27,32)(H,29,31)/t16-,17-,26?. The van der Waals surface area contributed by atoms with Crippen molar-refractivity contribution in [1.82, 2.24) is 20.1 Å². The van der Waals surface area contributed by atoms with E-state index in [-0.39, 0.29) is 22.9 Å². The Kier molecular flexibility index (Phi) is 4.37. The van der Waals surface area contributed by atoms with Crippen LogP contribution in [0.1, 0.15) is 47.8 Å². The molecule has 1 amide bonds. The van der Waals surface area contributed by atoms with Gasteiger partial charge in [0.15, 0.2) is 0 Å². The summed E-state index contributed by atoms with van der Waals surface area (Å²) in [6.45, 7) is 0. The largest absolute Gasteiger partial charge is 0.497 e.